The number of nitrogens with one attached hydrogen (secondary N) is 2. The highest BCUT2D eigenvalue weighted by atomic mass is 32.1. The monoisotopic (exact) mass is 437 g/mol. The van der Waals surface area contributed by atoms with Gasteiger partial charge in [-0.15, -0.1) is 11.3 Å². The van der Waals surface area contributed by atoms with Crippen molar-refractivity contribution in [2.45, 2.75) is 47.0 Å². The molecule has 7 nitrogen and oxygen atoms in total. The van der Waals surface area contributed by atoms with Crippen LogP contribution in [0.15, 0.2) is 30.3 Å². The summed E-state index contributed by atoms with van der Waals surface area (Å²) < 4.78 is 7.52. The summed E-state index contributed by atoms with van der Waals surface area (Å²) in [7, 11) is 0. The van der Waals surface area contributed by atoms with E-state index in [1.165, 1.54) is 11.3 Å². The highest BCUT2D eigenvalue weighted by Crippen LogP contribution is 2.33. The molecule has 0 bridgehead atoms. The maximum absolute atomic E-state index is 12.4. The number of rotatable bonds is 5. The van der Waals surface area contributed by atoms with Gasteiger partial charge in [-0.3, -0.25) is 9.89 Å². The van der Waals surface area contributed by atoms with Crippen LogP contribution in [0.1, 0.15) is 43.2 Å². The summed E-state index contributed by atoms with van der Waals surface area (Å²) in [5.74, 6) is 1.24. The van der Waals surface area contributed by atoms with Gasteiger partial charge in [-0.05, 0) is 44.5 Å². The van der Waals surface area contributed by atoms with Crippen LogP contribution in [0.2, 0.25) is 0 Å². The lowest BCUT2D eigenvalue weighted by atomic mass is 9.90. The van der Waals surface area contributed by atoms with Crippen molar-refractivity contribution in [2.24, 2.45) is 0 Å². The summed E-state index contributed by atoms with van der Waals surface area (Å²) in [5, 5.41) is 16.0. The van der Waals surface area contributed by atoms with Crippen LogP contribution in [0.3, 0.4) is 0 Å². The van der Waals surface area contributed by atoms with E-state index in [0.29, 0.717) is 0 Å². The molecule has 0 spiro atoms. The van der Waals surface area contributed by atoms with Crippen LogP contribution in [0.5, 0.6) is 5.75 Å². The molecule has 2 N–H and O–H groups in total. The molecule has 3 aromatic heterocycles. The Kier molecular flexibility index (Phi) is 5.35. The highest BCUT2D eigenvalue weighted by molar-refractivity contribution is 7.19. The van der Waals surface area contributed by atoms with E-state index in [1.807, 2.05) is 48.7 Å². The number of hydrogen-bond donors (Lipinski definition) is 2. The maximum atomic E-state index is 12.4. The standard InChI is InChI=1S/C23H27N5O2S/c1-13-7-8-16(14(2)11-13)30-12-18(29)24-19-10-9-17(31-19)22-26-25-21-15(3)20(23(4,5)6)27-28(21)22/h7-11,25H,12H2,1-6H3,(H,24,29). The van der Waals surface area contributed by atoms with Crippen molar-refractivity contribution in [3.63, 3.8) is 0 Å². The Bertz CT molecular complexity index is 1260. The van der Waals surface area contributed by atoms with E-state index >= 15 is 0 Å². The SMILES string of the molecule is Cc1ccc(OCC(=O)Nc2ccc(-c3n[nH]c4c(C)c(C(C)(C)C)nn34)s2)c(C)c1. The number of thiophene rings is 1. The van der Waals surface area contributed by atoms with E-state index in [4.69, 9.17) is 9.84 Å². The third-order valence-corrected chi connectivity index (χ3v) is 6.08. The van der Waals surface area contributed by atoms with Gasteiger partial charge in [-0.1, -0.05) is 38.5 Å². The van der Waals surface area contributed by atoms with Crippen molar-refractivity contribution in [3.05, 3.63) is 52.7 Å². The van der Waals surface area contributed by atoms with E-state index in [1.54, 1.807) is 0 Å². The van der Waals surface area contributed by atoms with Crippen LogP contribution in [0.4, 0.5) is 5.00 Å². The number of nitrogens with zero attached hydrogens (tertiary/aromatic N) is 3. The van der Waals surface area contributed by atoms with E-state index in [2.05, 4.69) is 43.2 Å². The number of benzene rings is 1. The van der Waals surface area contributed by atoms with Gasteiger partial charge < -0.3 is 10.1 Å². The second-order valence-electron chi connectivity index (χ2n) is 8.80. The topological polar surface area (TPSA) is 84.3 Å². The van der Waals surface area contributed by atoms with Crippen LogP contribution in [0, 0.1) is 20.8 Å². The van der Waals surface area contributed by atoms with Crippen LogP contribution in [-0.2, 0) is 10.2 Å². The molecule has 0 fully saturated rings. The van der Waals surface area contributed by atoms with Gasteiger partial charge in [0.2, 0.25) is 0 Å². The Morgan fingerprint density at radius 1 is 1.19 bits per heavy atom. The second kappa shape index (κ2) is 7.85. The fourth-order valence-electron chi connectivity index (χ4n) is 3.61. The largest absolute Gasteiger partial charge is 0.483 e. The van der Waals surface area contributed by atoms with E-state index in [0.717, 1.165) is 49.5 Å². The molecule has 0 saturated heterocycles. The number of aryl methyl sites for hydroxylation is 3. The minimum atomic E-state index is -0.203. The lowest BCUT2D eigenvalue weighted by Crippen LogP contribution is -2.19. The molecule has 0 radical (unpaired) electrons. The fraction of sp³-hybridized carbons (Fsp3) is 0.348. The summed E-state index contributed by atoms with van der Waals surface area (Å²) in [6.07, 6.45) is 0. The number of carbonyl (C=O) groups excluding carboxylic acids is 1. The molecule has 0 aliphatic rings. The third kappa shape index (κ3) is 4.20. The first-order valence-electron chi connectivity index (χ1n) is 10.2. The van der Waals surface area contributed by atoms with Crippen LogP contribution in [-0.4, -0.2) is 32.3 Å². The second-order valence-corrected chi connectivity index (χ2v) is 9.88. The molecular formula is C23H27N5O2S. The number of amides is 1. The van der Waals surface area contributed by atoms with Crippen LogP contribution < -0.4 is 10.1 Å². The number of H-pyrrole nitrogens is 1. The van der Waals surface area contributed by atoms with Gasteiger partial charge in [0.05, 0.1) is 15.6 Å². The van der Waals surface area contributed by atoms with Gasteiger partial charge in [0.1, 0.15) is 5.75 Å². The number of fused-ring (bicyclic) bond motifs is 1. The summed E-state index contributed by atoms with van der Waals surface area (Å²) in [4.78, 5) is 13.3. The third-order valence-electron chi connectivity index (χ3n) is 5.08. The van der Waals surface area contributed by atoms with E-state index in [9.17, 15) is 4.79 Å². The van der Waals surface area contributed by atoms with Crippen molar-refractivity contribution in [1.82, 2.24) is 19.8 Å². The minimum Gasteiger partial charge on any atom is -0.483 e. The summed E-state index contributed by atoms with van der Waals surface area (Å²) >= 11 is 1.45. The predicted molar refractivity (Wildman–Crippen MR) is 124 cm³/mol. The number of carbonyl (C=O) groups is 1. The average molecular weight is 438 g/mol. The van der Waals surface area contributed by atoms with E-state index < -0.39 is 0 Å². The fourth-order valence-corrected chi connectivity index (χ4v) is 4.51. The smallest absolute Gasteiger partial charge is 0.262 e. The number of hydrogen-bond acceptors (Lipinski definition) is 5. The molecule has 0 saturated carbocycles. The molecule has 0 aliphatic carbocycles. The minimum absolute atomic E-state index is 0.0446. The normalized spacial score (nSPS) is 11.8. The van der Waals surface area contributed by atoms with E-state index in [-0.39, 0.29) is 17.9 Å². The van der Waals surface area contributed by atoms with Gasteiger partial charge in [-0.2, -0.15) is 14.7 Å². The van der Waals surface area contributed by atoms with Gasteiger partial charge in [0, 0.05) is 11.0 Å². The van der Waals surface area contributed by atoms with Gasteiger partial charge in [-0.25, -0.2) is 0 Å². The molecule has 1 aromatic carbocycles. The molecule has 8 heteroatoms. The average Bonchev–Trinajstić information content (AvgIpc) is 3.37. The molecule has 162 valence electrons. The zero-order valence-electron chi connectivity index (χ0n) is 18.7. The van der Waals surface area contributed by atoms with Crippen LogP contribution in [0.25, 0.3) is 16.3 Å². The molecule has 4 rings (SSSR count). The Morgan fingerprint density at radius 2 is 1.97 bits per heavy atom. The van der Waals surface area contributed by atoms with Crippen molar-refractivity contribution < 1.29 is 9.53 Å². The number of aromatic nitrogens is 4. The van der Waals surface area contributed by atoms with Gasteiger partial charge in [0.25, 0.3) is 5.91 Å². The highest BCUT2D eigenvalue weighted by Gasteiger charge is 2.24. The molecule has 3 heterocycles. The summed E-state index contributed by atoms with van der Waals surface area (Å²) in [6.45, 7) is 12.4. The number of aromatic amines is 1. The molecular weight excluding hydrogens is 410 g/mol. The Hall–Kier alpha value is -3.13. The number of ether oxygens (including phenoxy) is 1. The van der Waals surface area contributed by atoms with Crippen LogP contribution >= 0.6 is 11.3 Å². The maximum Gasteiger partial charge on any atom is 0.262 e. The lowest BCUT2D eigenvalue weighted by molar-refractivity contribution is -0.118. The van der Waals surface area contributed by atoms with Gasteiger partial charge in [0.15, 0.2) is 18.1 Å². The lowest BCUT2D eigenvalue weighted by Gasteiger charge is -2.15. The van der Waals surface area contributed by atoms with Crippen molar-refractivity contribution in [1.29, 1.82) is 0 Å². The first-order valence-corrected chi connectivity index (χ1v) is 11.0. The zero-order valence-corrected chi connectivity index (χ0v) is 19.5. The van der Waals surface area contributed by atoms with Crippen molar-refractivity contribution in [3.8, 4) is 16.5 Å². The van der Waals surface area contributed by atoms with Crippen molar-refractivity contribution >= 4 is 27.9 Å². The molecule has 4 aromatic rings. The summed E-state index contributed by atoms with van der Waals surface area (Å²) in [5.41, 5.74) is 5.14. The molecule has 31 heavy (non-hydrogen) atoms. The predicted octanol–water partition coefficient (Wildman–Crippen LogP) is 5.03. The Labute approximate surface area is 185 Å². The summed E-state index contributed by atoms with van der Waals surface area (Å²) in [6, 6.07) is 9.71. The Morgan fingerprint density at radius 3 is 2.68 bits per heavy atom. The molecule has 0 atom stereocenters. The molecule has 1 amide bonds. The molecule has 0 aliphatic heterocycles. The first kappa shape index (κ1) is 21.1. The quantitative estimate of drug-likeness (QED) is 0.459. The van der Waals surface area contributed by atoms with Crippen molar-refractivity contribution in [2.75, 3.05) is 11.9 Å². The zero-order chi connectivity index (χ0) is 22.3. The van der Waals surface area contributed by atoms with Gasteiger partial charge >= 0.3 is 0 Å². The number of anilines is 1. The molecule has 0 unspecified atom stereocenters. The first-order chi connectivity index (χ1) is 14.6. The Balaban J connectivity index is 1.48.